The highest BCUT2D eigenvalue weighted by Gasteiger charge is 2.20. The number of aromatic nitrogens is 2. The number of aromatic hydroxyl groups is 1. The first kappa shape index (κ1) is 14.9. The van der Waals surface area contributed by atoms with Gasteiger partial charge in [-0.2, -0.15) is 0 Å². The molecule has 0 unspecified atom stereocenters. The molecule has 0 saturated heterocycles. The molecule has 0 atom stereocenters. The molecule has 1 amide bonds. The largest absolute Gasteiger partial charge is 0.508 e. The minimum Gasteiger partial charge on any atom is -0.508 e. The fourth-order valence-corrected chi connectivity index (χ4v) is 4.21. The van der Waals surface area contributed by atoms with Crippen LogP contribution in [0.3, 0.4) is 0 Å². The third-order valence-corrected chi connectivity index (χ3v) is 5.38. The summed E-state index contributed by atoms with van der Waals surface area (Å²) in [5, 5.41) is 10.3. The van der Waals surface area contributed by atoms with E-state index in [0.717, 1.165) is 23.1 Å². The Hall–Kier alpha value is -2.67. The number of hydrazine groups is 1. The van der Waals surface area contributed by atoms with E-state index >= 15 is 0 Å². The van der Waals surface area contributed by atoms with Gasteiger partial charge in [0.2, 0.25) is 0 Å². The molecule has 6 nitrogen and oxygen atoms in total. The van der Waals surface area contributed by atoms with Crippen molar-refractivity contribution in [2.45, 2.75) is 25.7 Å². The van der Waals surface area contributed by atoms with Crippen molar-refractivity contribution in [2.24, 2.45) is 0 Å². The lowest BCUT2D eigenvalue weighted by molar-refractivity contribution is 0.0962. The molecule has 7 heteroatoms. The van der Waals surface area contributed by atoms with Crippen molar-refractivity contribution in [3.63, 3.8) is 0 Å². The minimum absolute atomic E-state index is 0.127. The molecule has 1 aromatic carbocycles. The van der Waals surface area contributed by atoms with E-state index in [9.17, 15) is 9.90 Å². The van der Waals surface area contributed by atoms with Gasteiger partial charge in [0.25, 0.3) is 5.91 Å². The van der Waals surface area contributed by atoms with Crippen LogP contribution in [0.15, 0.2) is 30.6 Å². The van der Waals surface area contributed by atoms with E-state index in [1.54, 1.807) is 23.5 Å². The second-order valence-corrected chi connectivity index (χ2v) is 6.82. The Balaban J connectivity index is 1.59. The smallest absolute Gasteiger partial charge is 0.269 e. The molecule has 0 aliphatic heterocycles. The number of phenols is 1. The van der Waals surface area contributed by atoms with Gasteiger partial charge >= 0.3 is 0 Å². The number of hydrogen-bond donors (Lipinski definition) is 3. The van der Waals surface area contributed by atoms with Gasteiger partial charge in [-0.15, -0.1) is 11.3 Å². The summed E-state index contributed by atoms with van der Waals surface area (Å²) in [4.78, 5) is 23.2. The van der Waals surface area contributed by atoms with Crippen LogP contribution in [0, 0.1) is 0 Å². The van der Waals surface area contributed by atoms with Gasteiger partial charge in [-0.05, 0) is 55.5 Å². The van der Waals surface area contributed by atoms with Crippen LogP contribution in [-0.4, -0.2) is 21.0 Å². The van der Waals surface area contributed by atoms with Crippen LogP contribution in [0.25, 0.3) is 10.2 Å². The molecule has 1 aliphatic carbocycles. The quantitative estimate of drug-likeness (QED) is 0.638. The van der Waals surface area contributed by atoms with Gasteiger partial charge in [-0.25, -0.2) is 9.97 Å². The number of aryl methyl sites for hydroxylation is 2. The number of nitrogens with zero attached hydrogens (tertiary/aromatic N) is 2. The molecule has 24 heavy (non-hydrogen) atoms. The van der Waals surface area contributed by atoms with Crippen molar-refractivity contribution >= 4 is 33.3 Å². The summed E-state index contributed by atoms with van der Waals surface area (Å²) in [7, 11) is 0. The van der Waals surface area contributed by atoms with E-state index < -0.39 is 0 Å². The Kier molecular flexibility index (Phi) is 3.78. The number of rotatable bonds is 3. The molecule has 1 aliphatic rings. The molecule has 0 saturated carbocycles. The van der Waals surface area contributed by atoms with Crippen LogP contribution in [0.1, 0.15) is 33.6 Å². The Morgan fingerprint density at radius 1 is 1.12 bits per heavy atom. The molecule has 2 aromatic heterocycles. The molecule has 0 radical (unpaired) electrons. The van der Waals surface area contributed by atoms with Crippen LogP contribution in [0.5, 0.6) is 5.75 Å². The maximum atomic E-state index is 12.2. The third-order valence-electron chi connectivity index (χ3n) is 4.18. The zero-order chi connectivity index (χ0) is 16.5. The second-order valence-electron chi connectivity index (χ2n) is 5.74. The average molecular weight is 340 g/mol. The molecule has 0 fully saturated rings. The lowest BCUT2D eigenvalue weighted by Crippen LogP contribution is -2.29. The lowest BCUT2D eigenvalue weighted by Gasteiger charge is -2.13. The number of fused-ring (bicyclic) bond motifs is 3. The zero-order valence-electron chi connectivity index (χ0n) is 12.9. The summed E-state index contributed by atoms with van der Waals surface area (Å²) in [6, 6.07) is 6.09. The van der Waals surface area contributed by atoms with Gasteiger partial charge in [0.15, 0.2) is 5.82 Å². The number of carbonyl (C=O) groups is 1. The second kappa shape index (κ2) is 6.09. The van der Waals surface area contributed by atoms with E-state index in [1.165, 1.54) is 41.7 Å². The van der Waals surface area contributed by atoms with Crippen molar-refractivity contribution in [3.05, 3.63) is 46.6 Å². The molecule has 0 spiro atoms. The van der Waals surface area contributed by atoms with E-state index in [4.69, 9.17) is 0 Å². The van der Waals surface area contributed by atoms with Crippen molar-refractivity contribution in [1.82, 2.24) is 15.4 Å². The van der Waals surface area contributed by atoms with Crippen LogP contribution in [-0.2, 0) is 12.8 Å². The molecule has 122 valence electrons. The van der Waals surface area contributed by atoms with E-state index in [1.807, 2.05) is 0 Å². The van der Waals surface area contributed by atoms with Crippen molar-refractivity contribution < 1.29 is 9.90 Å². The molecule has 3 aromatic rings. The molecule has 0 bridgehead atoms. The average Bonchev–Trinajstić information content (AvgIpc) is 2.99. The number of carbonyl (C=O) groups excluding carboxylic acids is 1. The van der Waals surface area contributed by atoms with E-state index in [2.05, 4.69) is 20.8 Å². The predicted octanol–water partition coefficient (Wildman–Crippen LogP) is 3.03. The lowest BCUT2D eigenvalue weighted by atomic mass is 9.97. The first-order valence-corrected chi connectivity index (χ1v) is 8.64. The van der Waals surface area contributed by atoms with E-state index in [-0.39, 0.29) is 11.7 Å². The minimum atomic E-state index is -0.286. The van der Waals surface area contributed by atoms with Crippen molar-refractivity contribution in [3.8, 4) is 5.75 Å². The summed E-state index contributed by atoms with van der Waals surface area (Å²) in [5.41, 5.74) is 7.36. The molecular weight excluding hydrogens is 324 g/mol. The summed E-state index contributed by atoms with van der Waals surface area (Å²) in [6.07, 6.45) is 6.03. The summed E-state index contributed by atoms with van der Waals surface area (Å²) in [6.45, 7) is 0. The van der Waals surface area contributed by atoms with E-state index in [0.29, 0.717) is 11.4 Å². The number of nitrogens with one attached hydrogen (secondary N) is 2. The Morgan fingerprint density at radius 3 is 2.75 bits per heavy atom. The maximum Gasteiger partial charge on any atom is 0.269 e. The molecule has 4 rings (SSSR count). The Labute approximate surface area is 142 Å². The Morgan fingerprint density at radius 2 is 1.92 bits per heavy atom. The fourth-order valence-electron chi connectivity index (χ4n) is 2.99. The molecular formula is C17H16N4O2S. The predicted molar refractivity (Wildman–Crippen MR) is 93.3 cm³/mol. The molecule has 3 N–H and O–H groups in total. The van der Waals surface area contributed by atoms with Crippen LogP contribution < -0.4 is 10.9 Å². The van der Waals surface area contributed by atoms with Crippen LogP contribution in [0.2, 0.25) is 0 Å². The number of anilines is 1. The first-order chi connectivity index (χ1) is 11.7. The number of phenolic OH excluding ortho intramolecular Hbond substituents is 1. The maximum absolute atomic E-state index is 12.2. The number of benzene rings is 1. The summed E-state index contributed by atoms with van der Waals surface area (Å²) in [5.74, 6) is 0.472. The van der Waals surface area contributed by atoms with Gasteiger partial charge < -0.3 is 5.11 Å². The highest BCUT2D eigenvalue weighted by atomic mass is 32.1. The van der Waals surface area contributed by atoms with Gasteiger partial charge in [0.05, 0.1) is 5.39 Å². The van der Waals surface area contributed by atoms with Crippen molar-refractivity contribution in [2.75, 3.05) is 5.43 Å². The summed E-state index contributed by atoms with van der Waals surface area (Å²) < 4.78 is 0. The summed E-state index contributed by atoms with van der Waals surface area (Å²) >= 11 is 1.71. The van der Waals surface area contributed by atoms with Gasteiger partial charge in [-0.1, -0.05) is 0 Å². The highest BCUT2D eigenvalue weighted by molar-refractivity contribution is 7.19. The van der Waals surface area contributed by atoms with Gasteiger partial charge in [0, 0.05) is 10.4 Å². The van der Waals surface area contributed by atoms with Crippen LogP contribution in [0.4, 0.5) is 5.82 Å². The van der Waals surface area contributed by atoms with Crippen molar-refractivity contribution in [1.29, 1.82) is 0 Å². The third kappa shape index (κ3) is 2.67. The molecule has 2 heterocycles. The first-order valence-electron chi connectivity index (χ1n) is 7.83. The number of hydrogen-bond acceptors (Lipinski definition) is 6. The SMILES string of the molecule is O=C(NNc1ncnc2sc3c(c12)CCCC3)c1ccc(O)cc1. The van der Waals surface area contributed by atoms with Gasteiger partial charge in [-0.3, -0.25) is 15.6 Å². The van der Waals surface area contributed by atoms with Gasteiger partial charge in [0.1, 0.15) is 16.9 Å². The normalized spacial score (nSPS) is 13.5. The topological polar surface area (TPSA) is 87.1 Å². The standard InChI is InChI=1S/C17H16N4O2S/c22-11-7-5-10(6-8-11)16(23)21-20-15-14-12-3-1-2-4-13(12)24-17(14)19-9-18-15/h5-9,22H,1-4H2,(H,21,23)(H,18,19,20). The Bertz CT molecular complexity index is 905. The number of amides is 1. The monoisotopic (exact) mass is 340 g/mol. The van der Waals surface area contributed by atoms with Crippen LogP contribution >= 0.6 is 11.3 Å². The number of thiophene rings is 1. The zero-order valence-corrected chi connectivity index (χ0v) is 13.7. The highest BCUT2D eigenvalue weighted by Crippen LogP contribution is 2.37. The fraction of sp³-hybridized carbons (Fsp3) is 0.235.